The number of hydrogen-bond acceptors (Lipinski definition) is 3. The van der Waals surface area contributed by atoms with Crippen molar-refractivity contribution in [3.63, 3.8) is 0 Å². The van der Waals surface area contributed by atoms with Crippen LogP contribution in [0.1, 0.15) is 29.9 Å². The lowest BCUT2D eigenvalue weighted by Gasteiger charge is -2.34. The minimum absolute atomic E-state index is 0.0779. The highest BCUT2D eigenvalue weighted by atomic mass is 35.5. The van der Waals surface area contributed by atoms with Crippen LogP contribution in [-0.2, 0) is 24.7 Å². The summed E-state index contributed by atoms with van der Waals surface area (Å²) in [5.74, 6) is 0.138. The maximum absolute atomic E-state index is 12.7. The van der Waals surface area contributed by atoms with Crippen molar-refractivity contribution in [2.24, 2.45) is 7.05 Å². The predicted molar refractivity (Wildman–Crippen MR) is 95.1 cm³/mol. The van der Waals surface area contributed by atoms with E-state index in [1.165, 1.54) is 0 Å². The molecular formula is C18H23ClN4O. The number of benzene rings is 1. The first kappa shape index (κ1) is 17.0. The number of aromatic nitrogens is 2. The smallest absolute Gasteiger partial charge is 0.228 e. The number of hydrogen-bond donors (Lipinski definition) is 1. The van der Waals surface area contributed by atoms with Gasteiger partial charge < -0.3 is 10.2 Å². The maximum Gasteiger partial charge on any atom is 0.228 e. The summed E-state index contributed by atoms with van der Waals surface area (Å²) in [4.78, 5) is 14.6. The molecule has 0 spiro atoms. The molecule has 6 heteroatoms. The summed E-state index contributed by atoms with van der Waals surface area (Å²) in [6.45, 7) is 4.20. The van der Waals surface area contributed by atoms with Gasteiger partial charge in [-0.1, -0.05) is 36.7 Å². The Morgan fingerprint density at radius 3 is 2.92 bits per heavy atom. The summed E-state index contributed by atoms with van der Waals surface area (Å²) in [6, 6.07) is 9.90. The summed E-state index contributed by atoms with van der Waals surface area (Å²) in [6.07, 6.45) is 1.27. The molecule has 0 radical (unpaired) electrons. The monoisotopic (exact) mass is 346 g/mol. The standard InChI is InChI=1S/C18H23ClN4O/c1-3-13-10-14(22(2)21-13)11-18(24)23-9-8-20-17(12-23)15-6-4-5-7-16(15)19/h4-7,10,17,20H,3,8-9,11-12H2,1-2H3. The average molecular weight is 347 g/mol. The van der Waals surface area contributed by atoms with Crippen LogP contribution < -0.4 is 5.32 Å². The van der Waals surface area contributed by atoms with Crippen molar-refractivity contribution in [3.8, 4) is 0 Å². The fraction of sp³-hybridized carbons (Fsp3) is 0.444. The van der Waals surface area contributed by atoms with Gasteiger partial charge in [0.25, 0.3) is 0 Å². The zero-order valence-corrected chi connectivity index (χ0v) is 14.9. The van der Waals surface area contributed by atoms with E-state index in [0.29, 0.717) is 13.0 Å². The number of rotatable bonds is 4. The summed E-state index contributed by atoms with van der Waals surface area (Å²) in [7, 11) is 1.89. The zero-order valence-electron chi connectivity index (χ0n) is 14.1. The molecule has 1 amide bonds. The largest absolute Gasteiger partial charge is 0.339 e. The number of carbonyl (C=O) groups is 1. The Hall–Kier alpha value is -1.85. The quantitative estimate of drug-likeness (QED) is 0.924. The highest BCUT2D eigenvalue weighted by Gasteiger charge is 2.26. The van der Waals surface area contributed by atoms with Crippen molar-refractivity contribution < 1.29 is 4.79 Å². The number of nitrogens with one attached hydrogen (secondary N) is 1. The van der Waals surface area contributed by atoms with Gasteiger partial charge in [0, 0.05) is 37.4 Å². The van der Waals surface area contributed by atoms with E-state index in [1.807, 2.05) is 47.0 Å². The number of nitrogens with zero attached hydrogens (tertiary/aromatic N) is 3. The molecule has 1 atom stereocenters. The van der Waals surface area contributed by atoms with Gasteiger partial charge in [0.2, 0.25) is 5.91 Å². The van der Waals surface area contributed by atoms with Gasteiger partial charge in [-0.2, -0.15) is 5.10 Å². The van der Waals surface area contributed by atoms with Crippen LogP contribution in [0.5, 0.6) is 0 Å². The van der Waals surface area contributed by atoms with Crippen LogP contribution in [0.3, 0.4) is 0 Å². The molecule has 1 fully saturated rings. The maximum atomic E-state index is 12.7. The minimum Gasteiger partial charge on any atom is -0.339 e. The van der Waals surface area contributed by atoms with Crippen LogP contribution in [0, 0.1) is 0 Å². The average Bonchev–Trinajstić information content (AvgIpc) is 2.95. The van der Waals surface area contributed by atoms with Crippen LogP contribution in [0.4, 0.5) is 0 Å². The second-order valence-electron chi connectivity index (χ2n) is 6.15. The topological polar surface area (TPSA) is 50.2 Å². The Balaban J connectivity index is 1.69. The lowest BCUT2D eigenvalue weighted by Crippen LogP contribution is -2.48. The molecule has 0 aliphatic carbocycles. The Labute approximate surface area is 147 Å². The van der Waals surface area contributed by atoms with Gasteiger partial charge in [0.15, 0.2) is 0 Å². The van der Waals surface area contributed by atoms with E-state index in [9.17, 15) is 4.79 Å². The predicted octanol–water partition coefficient (Wildman–Crippen LogP) is 2.35. The Morgan fingerprint density at radius 2 is 2.21 bits per heavy atom. The number of halogens is 1. The van der Waals surface area contributed by atoms with E-state index in [1.54, 1.807) is 0 Å². The van der Waals surface area contributed by atoms with Crippen LogP contribution in [0.25, 0.3) is 0 Å². The first-order chi connectivity index (χ1) is 11.6. The van der Waals surface area contributed by atoms with E-state index < -0.39 is 0 Å². The van der Waals surface area contributed by atoms with Gasteiger partial charge in [-0.15, -0.1) is 0 Å². The van der Waals surface area contributed by atoms with E-state index >= 15 is 0 Å². The lowest BCUT2D eigenvalue weighted by molar-refractivity contribution is -0.131. The van der Waals surface area contributed by atoms with Gasteiger partial charge in [-0.05, 0) is 24.1 Å². The second-order valence-corrected chi connectivity index (χ2v) is 6.56. The zero-order chi connectivity index (χ0) is 17.1. The highest BCUT2D eigenvalue weighted by Crippen LogP contribution is 2.25. The molecule has 1 unspecified atom stereocenters. The van der Waals surface area contributed by atoms with Crippen molar-refractivity contribution in [2.75, 3.05) is 19.6 Å². The molecule has 5 nitrogen and oxygen atoms in total. The van der Waals surface area contributed by atoms with Crippen molar-refractivity contribution in [3.05, 3.63) is 52.3 Å². The normalized spacial score (nSPS) is 18.0. The minimum atomic E-state index is 0.0779. The summed E-state index contributed by atoms with van der Waals surface area (Å²) in [5.41, 5.74) is 3.03. The molecule has 0 bridgehead atoms. The lowest BCUT2D eigenvalue weighted by atomic mass is 10.0. The van der Waals surface area contributed by atoms with Crippen molar-refractivity contribution in [1.82, 2.24) is 20.0 Å². The molecule has 1 saturated heterocycles. The van der Waals surface area contributed by atoms with Gasteiger partial charge >= 0.3 is 0 Å². The molecule has 0 saturated carbocycles. The Kier molecular flexibility index (Phi) is 5.21. The molecule has 1 N–H and O–H groups in total. The van der Waals surface area contributed by atoms with Crippen molar-refractivity contribution in [1.29, 1.82) is 0 Å². The van der Waals surface area contributed by atoms with Crippen LogP contribution in [-0.4, -0.2) is 40.2 Å². The molecular weight excluding hydrogens is 324 g/mol. The Bertz CT molecular complexity index is 728. The van der Waals surface area contributed by atoms with Gasteiger partial charge in [-0.25, -0.2) is 0 Å². The molecule has 1 aliphatic heterocycles. The number of aryl methyl sites for hydroxylation is 2. The molecule has 1 aromatic carbocycles. The first-order valence-electron chi connectivity index (χ1n) is 8.36. The summed E-state index contributed by atoms with van der Waals surface area (Å²) < 4.78 is 1.81. The molecule has 2 aromatic rings. The molecule has 1 aromatic heterocycles. The van der Waals surface area contributed by atoms with E-state index in [4.69, 9.17) is 11.6 Å². The van der Waals surface area contributed by atoms with Crippen LogP contribution in [0.2, 0.25) is 5.02 Å². The van der Waals surface area contributed by atoms with Crippen molar-refractivity contribution in [2.45, 2.75) is 25.8 Å². The SMILES string of the molecule is CCc1cc(CC(=O)N2CCNC(c3ccccc3Cl)C2)n(C)n1. The molecule has 128 valence electrons. The van der Waals surface area contributed by atoms with Gasteiger partial charge in [-0.3, -0.25) is 9.48 Å². The fourth-order valence-electron chi connectivity index (χ4n) is 3.12. The first-order valence-corrected chi connectivity index (χ1v) is 8.73. The molecule has 24 heavy (non-hydrogen) atoms. The number of amides is 1. The number of piperazine rings is 1. The summed E-state index contributed by atoms with van der Waals surface area (Å²) in [5, 5.41) is 8.61. The third-order valence-corrected chi connectivity index (χ3v) is 4.87. The third kappa shape index (κ3) is 3.62. The third-order valence-electron chi connectivity index (χ3n) is 4.53. The van der Waals surface area contributed by atoms with Crippen LogP contribution in [0.15, 0.2) is 30.3 Å². The Morgan fingerprint density at radius 1 is 1.42 bits per heavy atom. The highest BCUT2D eigenvalue weighted by molar-refractivity contribution is 6.31. The van der Waals surface area contributed by atoms with E-state index in [-0.39, 0.29) is 11.9 Å². The summed E-state index contributed by atoms with van der Waals surface area (Å²) >= 11 is 6.30. The molecule has 1 aliphatic rings. The van der Waals surface area contributed by atoms with Gasteiger partial charge in [0.1, 0.15) is 0 Å². The van der Waals surface area contributed by atoms with E-state index in [2.05, 4.69) is 17.3 Å². The van der Waals surface area contributed by atoms with E-state index in [0.717, 1.165) is 41.5 Å². The second kappa shape index (κ2) is 7.36. The van der Waals surface area contributed by atoms with Crippen LogP contribution >= 0.6 is 11.6 Å². The fourth-order valence-corrected chi connectivity index (χ4v) is 3.39. The van der Waals surface area contributed by atoms with Gasteiger partial charge in [0.05, 0.1) is 18.2 Å². The number of carbonyl (C=O) groups excluding carboxylic acids is 1. The van der Waals surface area contributed by atoms with Crippen molar-refractivity contribution >= 4 is 17.5 Å². The molecule has 2 heterocycles. The molecule has 3 rings (SSSR count).